The Hall–Kier alpha value is -0.720. The number of aliphatic imine (C=N–C) groups is 1. The van der Waals surface area contributed by atoms with Gasteiger partial charge in [0.25, 0.3) is 0 Å². The van der Waals surface area contributed by atoms with Crippen molar-refractivity contribution in [2.45, 2.75) is 13.3 Å². The fraction of sp³-hybridized carbons (Fsp3) is 0.286. The first-order valence-electron chi connectivity index (χ1n) is 6.13. The number of benzene rings is 1. The van der Waals surface area contributed by atoms with E-state index in [-0.39, 0.29) is 5.12 Å². The highest BCUT2D eigenvalue weighted by Crippen LogP contribution is 2.33. The summed E-state index contributed by atoms with van der Waals surface area (Å²) in [6.45, 7) is 2.11. The molecule has 0 amide bonds. The normalized spacial score (nSPS) is 16.6. The van der Waals surface area contributed by atoms with Gasteiger partial charge in [0.05, 0.1) is 7.11 Å². The zero-order valence-electron chi connectivity index (χ0n) is 11.2. The molecule has 106 valence electrons. The predicted molar refractivity (Wildman–Crippen MR) is 91.5 cm³/mol. The van der Waals surface area contributed by atoms with Crippen molar-refractivity contribution >= 4 is 55.0 Å². The minimum absolute atomic E-state index is 0.00867. The summed E-state index contributed by atoms with van der Waals surface area (Å²) in [5.74, 6) is 1.70. The Bertz CT molecular complexity index is 585. The van der Waals surface area contributed by atoms with Crippen molar-refractivity contribution in [3.05, 3.63) is 33.9 Å². The van der Waals surface area contributed by atoms with Gasteiger partial charge in [0, 0.05) is 10.0 Å². The maximum atomic E-state index is 12.0. The molecule has 0 aliphatic carbocycles. The molecule has 20 heavy (non-hydrogen) atoms. The molecule has 6 heteroatoms. The van der Waals surface area contributed by atoms with Crippen LogP contribution < -0.4 is 4.74 Å². The molecule has 0 spiro atoms. The van der Waals surface area contributed by atoms with E-state index in [1.54, 1.807) is 24.9 Å². The van der Waals surface area contributed by atoms with Crippen molar-refractivity contribution in [1.29, 1.82) is 0 Å². The van der Waals surface area contributed by atoms with Crippen LogP contribution in [0.25, 0.3) is 6.08 Å². The van der Waals surface area contributed by atoms with E-state index >= 15 is 0 Å². The van der Waals surface area contributed by atoms with Gasteiger partial charge in [-0.25, -0.2) is 4.99 Å². The van der Waals surface area contributed by atoms with Crippen LogP contribution in [0.3, 0.4) is 0 Å². The minimum atomic E-state index is -0.00867. The molecule has 1 aromatic carbocycles. The summed E-state index contributed by atoms with van der Waals surface area (Å²) < 4.78 is 7.07. The first-order chi connectivity index (χ1) is 9.63. The van der Waals surface area contributed by atoms with E-state index in [2.05, 4.69) is 27.8 Å². The molecule has 0 aromatic heterocycles. The summed E-state index contributed by atoms with van der Waals surface area (Å²) in [6.07, 6.45) is 2.84. The van der Waals surface area contributed by atoms with Gasteiger partial charge in [0.2, 0.25) is 5.12 Å². The Kier molecular flexibility index (Phi) is 5.74. The van der Waals surface area contributed by atoms with Gasteiger partial charge in [0.1, 0.15) is 15.8 Å². The van der Waals surface area contributed by atoms with Crippen molar-refractivity contribution in [3.8, 4) is 5.75 Å². The molecule has 1 aliphatic rings. The van der Waals surface area contributed by atoms with Gasteiger partial charge in [-0.15, -0.1) is 0 Å². The number of rotatable bonds is 4. The molecular weight excluding hydrogens is 358 g/mol. The lowest BCUT2D eigenvalue weighted by Gasteiger charge is -2.05. The molecule has 3 nitrogen and oxygen atoms in total. The fourth-order valence-electron chi connectivity index (χ4n) is 1.61. The van der Waals surface area contributed by atoms with Crippen LogP contribution in [0, 0.1) is 0 Å². The van der Waals surface area contributed by atoms with E-state index in [9.17, 15) is 4.79 Å². The molecule has 0 saturated carbocycles. The molecule has 0 bridgehead atoms. The lowest BCUT2D eigenvalue weighted by molar-refractivity contribution is -0.107. The van der Waals surface area contributed by atoms with Crippen molar-refractivity contribution in [2.24, 2.45) is 4.99 Å². The number of nitrogens with zero attached hydrogens (tertiary/aromatic N) is 1. The third kappa shape index (κ3) is 3.90. The zero-order valence-corrected chi connectivity index (χ0v) is 14.4. The van der Waals surface area contributed by atoms with E-state index in [4.69, 9.17) is 4.74 Å². The highest BCUT2D eigenvalue weighted by molar-refractivity contribution is 9.10. The smallest absolute Gasteiger partial charge is 0.244 e. The predicted octanol–water partition coefficient (Wildman–Crippen LogP) is 4.57. The van der Waals surface area contributed by atoms with Crippen molar-refractivity contribution in [3.63, 3.8) is 0 Å². The lowest BCUT2D eigenvalue weighted by Crippen LogP contribution is -1.91. The summed E-state index contributed by atoms with van der Waals surface area (Å²) in [7, 11) is 1.61. The second kappa shape index (κ2) is 7.33. The van der Waals surface area contributed by atoms with Crippen molar-refractivity contribution in [1.82, 2.24) is 0 Å². The van der Waals surface area contributed by atoms with Crippen LogP contribution in [-0.4, -0.2) is 22.4 Å². The maximum Gasteiger partial charge on any atom is 0.244 e. The summed E-state index contributed by atoms with van der Waals surface area (Å²) in [5, 5.41) is -0.00867. The van der Waals surface area contributed by atoms with E-state index in [0.717, 1.165) is 32.3 Å². The Morgan fingerprint density at radius 1 is 1.50 bits per heavy atom. The zero-order chi connectivity index (χ0) is 14.5. The van der Waals surface area contributed by atoms with E-state index in [0.29, 0.717) is 5.70 Å². The molecule has 0 unspecified atom stereocenters. The van der Waals surface area contributed by atoms with Crippen LogP contribution in [0.1, 0.15) is 18.9 Å². The third-order valence-corrected chi connectivity index (χ3v) is 5.22. The Balaban J connectivity index is 2.28. The SMILES string of the molecule is CCCSC1=N/C(=C\c2cc(Br)ccc2OC)C(=O)S1. The quantitative estimate of drug-likeness (QED) is 0.726. The molecule has 1 heterocycles. The van der Waals surface area contributed by atoms with Crippen molar-refractivity contribution < 1.29 is 9.53 Å². The number of carbonyl (C=O) groups excluding carboxylic acids is 1. The van der Waals surface area contributed by atoms with Crippen LogP contribution in [0.2, 0.25) is 0 Å². The summed E-state index contributed by atoms with van der Waals surface area (Å²) in [4.78, 5) is 16.3. The first kappa shape index (κ1) is 15.7. The summed E-state index contributed by atoms with van der Waals surface area (Å²) in [6, 6.07) is 5.67. The summed E-state index contributed by atoms with van der Waals surface area (Å²) >= 11 is 6.25. The number of halogens is 1. The molecule has 0 N–H and O–H groups in total. The van der Waals surface area contributed by atoms with Crippen LogP contribution in [0.15, 0.2) is 33.4 Å². The van der Waals surface area contributed by atoms with Crippen LogP contribution in [-0.2, 0) is 4.79 Å². The second-order valence-corrected chi connectivity index (χ2v) is 7.25. The highest BCUT2D eigenvalue weighted by atomic mass is 79.9. The van der Waals surface area contributed by atoms with Gasteiger partial charge in [-0.1, -0.05) is 34.6 Å². The molecular formula is C14H14BrNO2S2. The topological polar surface area (TPSA) is 38.7 Å². The second-order valence-electron chi connectivity index (χ2n) is 4.03. The maximum absolute atomic E-state index is 12.0. The molecule has 1 aliphatic heterocycles. The number of thioether (sulfide) groups is 2. The largest absolute Gasteiger partial charge is 0.496 e. The number of hydrogen-bond acceptors (Lipinski definition) is 5. The van der Waals surface area contributed by atoms with E-state index in [1.807, 2.05) is 18.2 Å². The molecule has 0 fully saturated rings. The molecule has 2 rings (SSSR count). The van der Waals surface area contributed by atoms with Gasteiger partial charge in [-0.2, -0.15) is 0 Å². The Labute approximate surface area is 135 Å². The molecule has 0 radical (unpaired) electrons. The lowest BCUT2D eigenvalue weighted by atomic mass is 10.1. The first-order valence-corrected chi connectivity index (χ1v) is 8.72. The van der Waals surface area contributed by atoms with Gasteiger partial charge in [-0.3, -0.25) is 4.79 Å². The van der Waals surface area contributed by atoms with Gasteiger partial charge < -0.3 is 4.74 Å². The molecule has 1 aromatic rings. The highest BCUT2D eigenvalue weighted by Gasteiger charge is 2.22. The van der Waals surface area contributed by atoms with Crippen molar-refractivity contribution in [2.75, 3.05) is 12.9 Å². The standard InChI is InChI=1S/C14H14BrNO2S2/c1-3-6-19-14-16-11(13(17)20-14)8-9-7-10(15)4-5-12(9)18-2/h4-5,7-8H,3,6H2,1-2H3/b11-8-. The Morgan fingerprint density at radius 3 is 3.00 bits per heavy atom. The Morgan fingerprint density at radius 2 is 2.30 bits per heavy atom. The van der Waals surface area contributed by atoms with Crippen LogP contribution in [0.5, 0.6) is 5.75 Å². The average molecular weight is 372 g/mol. The number of methoxy groups -OCH3 is 1. The van der Waals surface area contributed by atoms with Crippen LogP contribution in [0.4, 0.5) is 0 Å². The molecule has 0 saturated heterocycles. The number of hydrogen-bond donors (Lipinski definition) is 0. The van der Waals surface area contributed by atoms with Gasteiger partial charge >= 0.3 is 0 Å². The van der Waals surface area contributed by atoms with E-state index in [1.165, 1.54) is 11.8 Å². The monoisotopic (exact) mass is 371 g/mol. The van der Waals surface area contributed by atoms with E-state index < -0.39 is 0 Å². The van der Waals surface area contributed by atoms with Crippen LogP contribution >= 0.6 is 39.5 Å². The number of carbonyl (C=O) groups is 1. The number of ether oxygens (including phenoxy) is 1. The minimum Gasteiger partial charge on any atom is -0.496 e. The fourth-order valence-corrected chi connectivity index (χ4v) is 3.75. The third-order valence-electron chi connectivity index (χ3n) is 2.51. The van der Waals surface area contributed by atoms with Gasteiger partial charge in [-0.05, 0) is 48.2 Å². The summed E-state index contributed by atoms with van der Waals surface area (Å²) in [5.41, 5.74) is 1.32. The van der Waals surface area contributed by atoms with Gasteiger partial charge in [0.15, 0.2) is 0 Å². The average Bonchev–Trinajstić information content (AvgIpc) is 2.77. The molecule has 0 atom stereocenters.